The summed E-state index contributed by atoms with van der Waals surface area (Å²) >= 11 is 0. The molecule has 0 atom stereocenters. The predicted octanol–water partition coefficient (Wildman–Crippen LogP) is 3.42. The minimum Gasteiger partial charge on any atom is -0.493 e. The summed E-state index contributed by atoms with van der Waals surface area (Å²) in [5, 5.41) is 8.19. The van der Waals surface area contributed by atoms with Gasteiger partial charge in [0.05, 0.1) is 20.6 Å². The molecule has 0 aliphatic rings. The van der Waals surface area contributed by atoms with Gasteiger partial charge in [0, 0.05) is 25.2 Å². The first-order valence-corrected chi connectivity index (χ1v) is 10.9. The first kappa shape index (κ1) is 26.5. The molecule has 0 heterocycles. The first-order chi connectivity index (χ1) is 16.1. The summed E-state index contributed by atoms with van der Waals surface area (Å²) in [4.78, 5) is 35.9. The Morgan fingerprint density at radius 3 is 2.09 bits per heavy atom. The van der Waals surface area contributed by atoms with Crippen molar-refractivity contribution in [1.29, 1.82) is 0 Å². The number of alkyl carbamates (subject to hydrolysis) is 1. The van der Waals surface area contributed by atoms with E-state index in [0.717, 1.165) is 11.1 Å². The third kappa shape index (κ3) is 9.40. The van der Waals surface area contributed by atoms with Gasteiger partial charge in [-0.2, -0.15) is 0 Å². The van der Waals surface area contributed by atoms with Crippen LogP contribution in [0, 0.1) is 0 Å². The van der Waals surface area contributed by atoms with E-state index in [1.54, 1.807) is 59.3 Å². The Morgan fingerprint density at radius 1 is 0.824 bits per heavy atom. The third-order valence-corrected chi connectivity index (χ3v) is 4.56. The van der Waals surface area contributed by atoms with Crippen LogP contribution in [0.1, 0.15) is 38.3 Å². The molecule has 0 saturated heterocycles. The van der Waals surface area contributed by atoms with Gasteiger partial charge in [0.15, 0.2) is 11.5 Å². The van der Waals surface area contributed by atoms with Gasteiger partial charge in [0.2, 0.25) is 11.8 Å². The topological polar surface area (TPSA) is 115 Å². The third-order valence-electron chi connectivity index (χ3n) is 4.56. The van der Waals surface area contributed by atoms with E-state index in [1.165, 1.54) is 0 Å². The molecule has 0 unspecified atom stereocenters. The van der Waals surface area contributed by atoms with E-state index in [9.17, 15) is 14.4 Å². The number of hydrogen-bond donors (Lipinski definition) is 3. The number of benzene rings is 2. The van der Waals surface area contributed by atoms with E-state index in [4.69, 9.17) is 14.2 Å². The lowest BCUT2D eigenvalue weighted by molar-refractivity contribution is -0.121. The zero-order chi connectivity index (χ0) is 25.1. The molecular formula is C25H33N3O6. The van der Waals surface area contributed by atoms with Gasteiger partial charge in [-0.15, -0.1) is 0 Å². The fourth-order valence-corrected chi connectivity index (χ4v) is 2.97. The van der Waals surface area contributed by atoms with Crippen LogP contribution in [0.25, 0.3) is 0 Å². The molecule has 2 aromatic carbocycles. The highest BCUT2D eigenvalue weighted by Gasteiger charge is 2.16. The van der Waals surface area contributed by atoms with Gasteiger partial charge in [-0.3, -0.25) is 9.59 Å². The average molecular weight is 472 g/mol. The highest BCUT2D eigenvalue weighted by Crippen LogP contribution is 2.27. The highest BCUT2D eigenvalue weighted by atomic mass is 16.6. The molecule has 0 spiro atoms. The standard InChI is InChI=1S/C25H33N3O6/c1-25(2,3)34-24(31)26-13-12-22(29)27-16-17-6-9-19(10-7-17)28-23(30)15-18-8-11-20(32-4)21(14-18)33-5/h6-11,14H,12-13,15-16H2,1-5H3,(H,26,31)(H,27,29)(H,28,30). The molecule has 0 bridgehead atoms. The fraction of sp³-hybridized carbons (Fsp3) is 0.400. The molecule has 34 heavy (non-hydrogen) atoms. The summed E-state index contributed by atoms with van der Waals surface area (Å²) in [7, 11) is 3.11. The van der Waals surface area contributed by atoms with Crippen molar-refractivity contribution in [3.63, 3.8) is 0 Å². The minimum atomic E-state index is -0.582. The van der Waals surface area contributed by atoms with E-state index < -0.39 is 11.7 Å². The molecule has 0 saturated carbocycles. The Bertz CT molecular complexity index is 983. The number of hydrogen-bond acceptors (Lipinski definition) is 6. The molecule has 3 N–H and O–H groups in total. The number of rotatable bonds is 10. The Balaban J connectivity index is 1.75. The van der Waals surface area contributed by atoms with Crippen molar-refractivity contribution in [2.24, 2.45) is 0 Å². The van der Waals surface area contributed by atoms with Crippen LogP contribution in [-0.2, 0) is 27.3 Å². The van der Waals surface area contributed by atoms with Crippen LogP contribution in [0.3, 0.4) is 0 Å². The van der Waals surface area contributed by atoms with E-state index in [1.807, 2.05) is 18.2 Å². The Labute approximate surface area is 200 Å². The molecule has 0 aliphatic carbocycles. The quantitative estimate of drug-likeness (QED) is 0.489. The molecule has 2 aromatic rings. The van der Waals surface area contributed by atoms with Crippen molar-refractivity contribution in [1.82, 2.24) is 10.6 Å². The van der Waals surface area contributed by atoms with Crippen LogP contribution < -0.4 is 25.4 Å². The smallest absolute Gasteiger partial charge is 0.407 e. The number of methoxy groups -OCH3 is 2. The Hall–Kier alpha value is -3.75. The monoisotopic (exact) mass is 471 g/mol. The zero-order valence-corrected chi connectivity index (χ0v) is 20.3. The van der Waals surface area contributed by atoms with E-state index in [0.29, 0.717) is 23.7 Å². The number of carbonyl (C=O) groups is 3. The number of anilines is 1. The van der Waals surface area contributed by atoms with Crippen molar-refractivity contribution in [2.75, 3.05) is 26.1 Å². The van der Waals surface area contributed by atoms with E-state index in [2.05, 4.69) is 16.0 Å². The molecule has 9 heteroatoms. The second kappa shape index (κ2) is 12.5. The molecule has 184 valence electrons. The number of nitrogens with one attached hydrogen (secondary N) is 3. The Kier molecular flexibility index (Phi) is 9.73. The summed E-state index contributed by atoms with van der Waals surface area (Å²) in [5.74, 6) is 0.822. The van der Waals surface area contributed by atoms with E-state index >= 15 is 0 Å². The van der Waals surface area contributed by atoms with Crippen molar-refractivity contribution < 1.29 is 28.6 Å². The largest absolute Gasteiger partial charge is 0.493 e. The maximum atomic E-state index is 12.4. The normalized spacial score (nSPS) is 10.7. The minimum absolute atomic E-state index is 0.142. The summed E-state index contributed by atoms with van der Waals surface area (Å²) in [6, 6.07) is 12.5. The number of ether oxygens (including phenoxy) is 3. The molecule has 0 aliphatic heterocycles. The van der Waals surface area contributed by atoms with Crippen LogP contribution in [0.4, 0.5) is 10.5 Å². The Morgan fingerprint density at radius 2 is 1.47 bits per heavy atom. The van der Waals surface area contributed by atoms with Crippen LogP contribution in [0.2, 0.25) is 0 Å². The molecule has 3 amide bonds. The maximum Gasteiger partial charge on any atom is 0.407 e. The number of carbonyl (C=O) groups excluding carboxylic acids is 3. The molecule has 2 rings (SSSR count). The second-order valence-electron chi connectivity index (χ2n) is 8.57. The summed E-state index contributed by atoms with van der Waals surface area (Å²) in [6.07, 6.45) is -0.219. The van der Waals surface area contributed by atoms with Gasteiger partial charge in [0.1, 0.15) is 5.60 Å². The highest BCUT2D eigenvalue weighted by molar-refractivity contribution is 5.92. The second-order valence-corrected chi connectivity index (χ2v) is 8.57. The lowest BCUT2D eigenvalue weighted by atomic mass is 10.1. The average Bonchev–Trinajstić information content (AvgIpc) is 2.77. The van der Waals surface area contributed by atoms with Crippen LogP contribution in [-0.4, -0.2) is 44.3 Å². The summed E-state index contributed by atoms with van der Waals surface area (Å²) in [6.45, 7) is 5.84. The van der Waals surface area contributed by atoms with Crippen LogP contribution in [0.5, 0.6) is 11.5 Å². The van der Waals surface area contributed by atoms with Gasteiger partial charge in [0.25, 0.3) is 0 Å². The molecule has 0 fully saturated rings. The van der Waals surface area contributed by atoms with Gasteiger partial charge < -0.3 is 30.2 Å². The molecule has 9 nitrogen and oxygen atoms in total. The maximum absolute atomic E-state index is 12.4. The number of amides is 3. The van der Waals surface area contributed by atoms with Crippen molar-refractivity contribution in [3.05, 3.63) is 53.6 Å². The lowest BCUT2D eigenvalue weighted by Gasteiger charge is -2.19. The van der Waals surface area contributed by atoms with Gasteiger partial charge in [-0.05, 0) is 56.2 Å². The molecular weight excluding hydrogens is 438 g/mol. The summed E-state index contributed by atoms with van der Waals surface area (Å²) < 4.78 is 15.6. The predicted molar refractivity (Wildman–Crippen MR) is 129 cm³/mol. The van der Waals surface area contributed by atoms with Gasteiger partial charge in [-0.25, -0.2) is 4.79 Å². The van der Waals surface area contributed by atoms with Crippen LogP contribution in [0.15, 0.2) is 42.5 Å². The SMILES string of the molecule is COc1ccc(CC(=O)Nc2ccc(CNC(=O)CCNC(=O)OC(C)(C)C)cc2)cc1OC. The molecule has 0 radical (unpaired) electrons. The zero-order valence-electron chi connectivity index (χ0n) is 20.3. The van der Waals surface area contributed by atoms with Crippen molar-refractivity contribution >= 4 is 23.6 Å². The van der Waals surface area contributed by atoms with E-state index in [-0.39, 0.29) is 31.2 Å². The van der Waals surface area contributed by atoms with Crippen molar-refractivity contribution in [2.45, 2.75) is 45.8 Å². The van der Waals surface area contributed by atoms with Gasteiger partial charge >= 0.3 is 6.09 Å². The van der Waals surface area contributed by atoms with Crippen molar-refractivity contribution in [3.8, 4) is 11.5 Å². The first-order valence-electron chi connectivity index (χ1n) is 10.9. The lowest BCUT2D eigenvalue weighted by Crippen LogP contribution is -2.35. The van der Waals surface area contributed by atoms with Crippen LogP contribution >= 0.6 is 0 Å². The van der Waals surface area contributed by atoms with Gasteiger partial charge in [-0.1, -0.05) is 18.2 Å². The summed E-state index contributed by atoms with van der Waals surface area (Å²) in [5.41, 5.74) is 1.75. The fourth-order valence-electron chi connectivity index (χ4n) is 2.97. The molecule has 0 aromatic heterocycles.